The third-order valence-electron chi connectivity index (χ3n) is 6.82. The number of carbonyl (C=O) groups is 1. The number of benzene rings is 3. The summed E-state index contributed by atoms with van der Waals surface area (Å²) in [6.07, 6.45) is 2.26. The van der Waals surface area contributed by atoms with Crippen molar-refractivity contribution in [2.45, 2.75) is 51.4 Å². The molecule has 4 rings (SSSR count). The lowest BCUT2D eigenvalue weighted by atomic mass is 9.63. The van der Waals surface area contributed by atoms with E-state index in [1.807, 2.05) is 36.4 Å². The molecule has 0 aliphatic heterocycles. The van der Waals surface area contributed by atoms with Crippen molar-refractivity contribution < 1.29 is 14.6 Å². The summed E-state index contributed by atoms with van der Waals surface area (Å²) in [5, 5.41) is 9.98. The molecule has 0 amide bonds. The molecule has 3 aromatic rings. The van der Waals surface area contributed by atoms with Gasteiger partial charge in [0.25, 0.3) is 0 Å². The summed E-state index contributed by atoms with van der Waals surface area (Å²) in [5.41, 5.74) is 6.64. The fourth-order valence-corrected chi connectivity index (χ4v) is 4.76. The topological polar surface area (TPSA) is 46.5 Å². The summed E-state index contributed by atoms with van der Waals surface area (Å²) in [6, 6.07) is 20.0. The van der Waals surface area contributed by atoms with E-state index in [1.54, 1.807) is 13.2 Å². The normalized spacial score (nSPS) is 16.4. The van der Waals surface area contributed by atoms with E-state index in [2.05, 4.69) is 45.9 Å². The molecule has 0 aromatic heterocycles. The molecule has 1 aliphatic rings. The van der Waals surface area contributed by atoms with E-state index < -0.39 is 5.97 Å². The molecule has 0 unspecified atom stereocenters. The number of rotatable bonds is 4. The Bertz CT molecular complexity index is 1140. The van der Waals surface area contributed by atoms with Crippen LogP contribution in [0.1, 0.15) is 62.0 Å². The lowest BCUT2D eigenvalue weighted by Gasteiger charge is -2.42. The summed E-state index contributed by atoms with van der Waals surface area (Å²) < 4.78 is 5.57. The van der Waals surface area contributed by atoms with E-state index >= 15 is 0 Å². The van der Waals surface area contributed by atoms with Gasteiger partial charge in [-0.25, -0.2) is 4.79 Å². The minimum Gasteiger partial charge on any atom is -0.496 e. The predicted octanol–water partition coefficient (Wildman–Crippen LogP) is 7.08. The van der Waals surface area contributed by atoms with Crippen LogP contribution >= 0.6 is 0 Å². The van der Waals surface area contributed by atoms with E-state index in [4.69, 9.17) is 4.74 Å². The molecule has 0 spiro atoms. The number of carboxylic acids is 1. The van der Waals surface area contributed by atoms with E-state index in [0.717, 1.165) is 29.5 Å². The van der Waals surface area contributed by atoms with Crippen molar-refractivity contribution in [2.75, 3.05) is 7.11 Å². The minimum atomic E-state index is -0.953. The molecule has 3 heteroatoms. The van der Waals surface area contributed by atoms with Crippen LogP contribution in [0.5, 0.6) is 5.75 Å². The zero-order valence-electron chi connectivity index (χ0n) is 19.0. The Labute approximate surface area is 184 Å². The molecule has 0 atom stereocenters. The third kappa shape index (κ3) is 3.74. The van der Waals surface area contributed by atoms with Gasteiger partial charge in [0.2, 0.25) is 0 Å². The van der Waals surface area contributed by atoms with Gasteiger partial charge in [-0.2, -0.15) is 0 Å². The third-order valence-corrected chi connectivity index (χ3v) is 6.82. The molecular weight excluding hydrogens is 384 g/mol. The number of methoxy groups -OCH3 is 1. The van der Waals surface area contributed by atoms with Gasteiger partial charge >= 0.3 is 5.97 Å². The molecule has 1 aliphatic carbocycles. The van der Waals surface area contributed by atoms with Gasteiger partial charge in [-0.15, -0.1) is 0 Å². The second-order valence-corrected chi connectivity index (χ2v) is 9.80. The van der Waals surface area contributed by atoms with E-state index in [1.165, 1.54) is 11.1 Å². The van der Waals surface area contributed by atoms with Crippen LogP contribution in [0.2, 0.25) is 0 Å². The van der Waals surface area contributed by atoms with Crippen LogP contribution in [0.3, 0.4) is 0 Å². The lowest BCUT2D eigenvalue weighted by molar-refractivity contribution is 0.0697. The van der Waals surface area contributed by atoms with Gasteiger partial charge in [0.15, 0.2) is 0 Å². The molecule has 0 fully saturated rings. The Morgan fingerprint density at radius 2 is 1.45 bits per heavy atom. The quantitative estimate of drug-likeness (QED) is 0.496. The van der Waals surface area contributed by atoms with Crippen molar-refractivity contribution in [1.82, 2.24) is 0 Å². The summed E-state index contributed by atoms with van der Waals surface area (Å²) in [5.74, 6) is -0.392. The van der Waals surface area contributed by atoms with Gasteiger partial charge in [-0.3, -0.25) is 0 Å². The number of ether oxygens (including phenoxy) is 1. The Hall–Kier alpha value is -3.07. The maximum atomic E-state index is 12.2. The second-order valence-electron chi connectivity index (χ2n) is 9.80. The van der Waals surface area contributed by atoms with Crippen molar-refractivity contribution in [3.05, 3.63) is 77.4 Å². The number of hydrogen-bond donors (Lipinski definition) is 1. The highest BCUT2D eigenvalue weighted by Gasteiger charge is 2.37. The predicted molar refractivity (Wildman–Crippen MR) is 126 cm³/mol. The van der Waals surface area contributed by atoms with Crippen LogP contribution in [-0.4, -0.2) is 18.2 Å². The van der Waals surface area contributed by atoms with Crippen LogP contribution in [0, 0.1) is 0 Å². The molecule has 3 aromatic carbocycles. The van der Waals surface area contributed by atoms with Crippen molar-refractivity contribution in [1.29, 1.82) is 0 Å². The fourth-order valence-electron chi connectivity index (χ4n) is 4.76. The van der Waals surface area contributed by atoms with Crippen LogP contribution in [0.4, 0.5) is 0 Å². The molecular formula is C28H30O3. The largest absolute Gasteiger partial charge is 0.496 e. The van der Waals surface area contributed by atoms with Crippen LogP contribution in [0.25, 0.3) is 22.3 Å². The monoisotopic (exact) mass is 414 g/mol. The number of aromatic carboxylic acids is 1. The van der Waals surface area contributed by atoms with Gasteiger partial charge in [0.1, 0.15) is 5.75 Å². The Morgan fingerprint density at radius 3 is 2.06 bits per heavy atom. The summed E-state index contributed by atoms with van der Waals surface area (Å²) in [7, 11) is 1.58. The van der Waals surface area contributed by atoms with Gasteiger partial charge < -0.3 is 9.84 Å². The van der Waals surface area contributed by atoms with Gasteiger partial charge in [0, 0.05) is 5.56 Å². The maximum Gasteiger partial charge on any atom is 0.336 e. The van der Waals surface area contributed by atoms with Crippen LogP contribution in [-0.2, 0) is 10.8 Å². The van der Waals surface area contributed by atoms with Crippen molar-refractivity contribution in [3.63, 3.8) is 0 Å². The number of hydrogen-bond acceptors (Lipinski definition) is 2. The first-order valence-electron chi connectivity index (χ1n) is 10.8. The Morgan fingerprint density at radius 1 is 0.806 bits per heavy atom. The summed E-state index contributed by atoms with van der Waals surface area (Å²) >= 11 is 0. The summed E-state index contributed by atoms with van der Waals surface area (Å²) in [6.45, 7) is 9.16. The highest BCUT2D eigenvalue weighted by molar-refractivity contribution is 5.98. The number of fused-ring (bicyclic) bond motifs is 1. The average Bonchev–Trinajstić information content (AvgIpc) is 2.76. The first-order valence-corrected chi connectivity index (χ1v) is 10.8. The molecule has 0 bridgehead atoms. The van der Waals surface area contributed by atoms with E-state index in [0.29, 0.717) is 11.3 Å². The highest BCUT2D eigenvalue weighted by atomic mass is 16.5. The first-order chi connectivity index (χ1) is 14.6. The minimum absolute atomic E-state index is 0.0545. The fraction of sp³-hybridized carbons (Fsp3) is 0.321. The van der Waals surface area contributed by atoms with Crippen molar-refractivity contribution >= 4 is 5.97 Å². The molecule has 1 N–H and O–H groups in total. The SMILES string of the molecule is COc1cc(C(=O)O)c(-c2ccc3c(c2)C(C)(C)CCC3(C)C)cc1-c1ccccc1. The Balaban J connectivity index is 1.97. The van der Waals surface area contributed by atoms with Gasteiger partial charge in [-0.05, 0) is 63.6 Å². The molecule has 0 saturated carbocycles. The van der Waals surface area contributed by atoms with Crippen molar-refractivity contribution in [3.8, 4) is 28.0 Å². The lowest BCUT2D eigenvalue weighted by Crippen LogP contribution is -2.33. The zero-order chi connectivity index (χ0) is 22.4. The van der Waals surface area contributed by atoms with E-state index in [9.17, 15) is 9.90 Å². The average molecular weight is 415 g/mol. The van der Waals surface area contributed by atoms with Gasteiger partial charge in [0.05, 0.1) is 12.7 Å². The second kappa shape index (κ2) is 7.56. The van der Waals surface area contributed by atoms with Gasteiger partial charge in [-0.1, -0.05) is 76.2 Å². The maximum absolute atomic E-state index is 12.2. The van der Waals surface area contributed by atoms with Crippen LogP contribution in [0.15, 0.2) is 60.7 Å². The first kappa shape index (κ1) is 21.2. The smallest absolute Gasteiger partial charge is 0.336 e. The molecule has 0 saturated heterocycles. The van der Waals surface area contributed by atoms with Crippen LogP contribution < -0.4 is 4.74 Å². The standard InChI is InChI=1S/C28H30O3/c1-27(2)13-14-28(3,4)24-15-19(11-12-23(24)27)20-16-21(18-9-7-6-8-10-18)25(31-5)17-22(20)26(29)30/h6-12,15-17H,13-14H2,1-5H3,(H,29,30). The molecule has 0 radical (unpaired) electrons. The zero-order valence-corrected chi connectivity index (χ0v) is 19.0. The molecule has 0 heterocycles. The highest BCUT2D eigenvalue weighted by Crippen LogP contribution is 2.47. The molecule has 160 valence electrons. The van der Waals surface area contributed by atoms with E-state index in [-0.39, 0.29) is 16.4 Å². The van der Waals surface area contributed by atoms with Crippen molar-refractivity contribution in [2.24, 2.45) is 0 Å². The molecule has 3 nitrogen and oxygen atoms in total. The molecule has 31 heavy (non-hydrogen) atoms. The summed E-state index contributed by atoms with van der Waals surface area (Å²) in [4.78, 5) is 12.2. The number of carboxylic acid groups (broad SMARTS) is 1. The Kier molecular flexibility index (Phi) is 5.17.